The normalized spacial score (nSPS) is 18.8. The third-order valence-corrected chi connectivity index (χ3v) is 4.70. The molecule has 5 nitrogen and oxygen atoms in total. The maximum absolute atomic E-state index is 11.8. The van der Waals surface area contributed by atoms with Crippen molar-refractivity contribution in [3.05, 3.63) is 63.1 Å². The van der Waals surface area contributed by atoms with E-state index >= 15 is 0 Å². The second-order valence-corrected chi connectivity index (χ2v) is 6.66. The molecule has 1 unspecified atom stereocenters. The number of hydrogen-bond donors (Lipinski definition) is 2. The summed E-state index contributed by atoms with van der Waals surface area (Å²) < 4.78 is 0. The minimum absolute atomic E-state index is 0.273. The number of nitrogens with one attached hydrogen (secondary N) is 1. The van der Waals surface area contributed by atoms with Crippen LogP contribution in [0.5, 0.6) is 0 Å². The van der Waals surface area contributed by atoms with Crippen molar-refractivity contribution in [2.75, 3.05) is 5.88 Å². The Balaban J connectivity index is 2.27. The van der Waals surface area contributed by atoms with E-state index in [4.69, 9.17) is 34.8 Å². The second-order valence-electron chi connectivity index (χ2n) is 5.55. The minimum atomic E-state index is -1.80. The molecule has 2 N–H and O–H groups in total. The highest BCUT2D eigenvalue weighted by molar-refractivity contribution is 6.32. The van der Waals surface area contributed by atoms with Gasteiger partial charge in [-0.2, -0.15) is 0 Å². The van der Waals surface area contributed by atoms with Crippen LogP contribution in [-0.2, 0) is 10.5 Å². The van der Waals surface area contributed by atoms with E-state index in [9.17, 15) is 9.90 Å². The molecule has 1 atom stereocenters. The monoisotopic (exact) mass is 397 g/mol. The molecule has 0 fully saturated rings. The molecule has 0 radical (unpaired) electrons. The van der Waals surface area contributed by atoms with Gasteiger partial charge >= 0.3 is 0 Å². The van der Waals surface area contributed by atoms with Crippen molar-refractivity contribution in [3.8, 4) is 0 Å². The summed E-state index contributed by atoms with van der Waals surface area (Å²) in [4.78, 5) is 16.1. The van der Waals surface area contributed by atoms with Crippen LogP contribution >= 0.6 is 34.8 Å². The summed E-state index contributed by atoms with van der Waals surface area (Å²) in [5.74, 6) is -0.773. The number of carbonyl (C=O) groups is 1. The van der Waals surface area contributed by atoms with E-state index < -0.39 is 11.6 Å². The highest BCUT2D eigenvalue weighted by Crippen LogP contribution is 2.44. The Morgan fingerprint density at radius 1 is 1.28 bits per heavy atom. The minimum Gasteiger partial charge on any atom is -0.362 e. The molecular formula is C17H14Cl3N3O2. The standard InChI is InChI=1S/C17H14Cl3N3O2/c1-10-6-11(19)7-13-16(10)21-9-23(22-15(24)8-18)17(13,25)12-4-2-3-5-14(12)20/h2-7,9,25H,8H2,1H3,(H,22,24). The zero-order valence-electron chi connectivity index (χ0n) is 13.1. The molecule has 1 heterocycles. The largest absolute Gasteiger partial charge is 0.362 e. The van der Waals surface area contributed by atoms with Crippen LogP contribution in [0.15, 0.2) is 41.4 Å². The number of carbonyl (C=O) groups excluding carboxylic acids is 1. The highest BCUT2D eigenvalue weighted by atomic mass is 35.5. The Labute approximate surface area is 159 Å². The maximum Gasteiger partial charge on any atom is 0.253 e. The summed E-state index contributed by atoms with van der Waals surface area (Å²) >= 11 is 18.1. The van der Waals surface area contributed by atoms with Gasteiger partial charge in [0.2, 0.25) is 5.72 Å². The van der Waals surface area contributed by atoms with E-state index in [1.807, 2.05) is 6.92 Å². The fourth-order valence-electron chi connectivity index (χ4n) is 2.79. The van der Waals surface area contributed by atoms with Crippen molar-refractivity contribution in [2.24, 2.45) is 4.99 Å². The van der Waals surface area contributed by atoms with Crippen LogP contribution < -0.4 is 5.43 Å². The van der Waals surface area contributed by atoms with Gasteiger partial charge in [0.05, 0.1) is 5.69 Å². The number of aryl methyl sites for hydroxylation is 1. The lowest BCUT2D eigenvalue weighted by molar-refractivity contribution is -0.131. The number of nitrogens with zero attached hydrogens (tertiary/aromatic N) is 2. The lowest BCUT2D eigenvalue weighted by atomic mass is 9.90. The van der Waals surface area contributed by atoms with Crippen molar-refractivity contribution in [3.63, 3.8) is 0 Å². The molecule has 1 aliphatic heterocycles. The first-order valence-electron chi connectivity index (χ1n) is 7.35. The van der Waals surface area contributed by atoms with Crippen molar-refractivity contribution in [2.45, 2.75) is 12.6 Å². The molecule has 1 amide bonds. The van der Waals surface area contributed by atoms with Gasteiger partial charge in [0.1, 0.15) is 12.2 Å². The number of benzene rings is 2. The Hall–Kier alpha value is -1.79. The van der Waals surface area contributed by atoms with E-state index in [1.165, 1.54) is 11.3 Å². The lowest BCUT2D eigenvalue weighted by Gasteiger charge is -2.42. The number of alkyl halides is 1. The predicted molar refractivity (Wildman–Crippen MR) is 99.5 cm³/mol. The van der Waals surface area contributed by atoms with Gasteiger partial charge in [-0.25, -0.2) is 10.0 Å². The van der Waals surface area contributed by atoms with Gasteiger partial charge in [-0.3, -0.25) is 10.2 Å². The first-order valence-corrected chi connectivity index (χ1v) is 8.64. The van der Waals surface area contributed by atoms with Gasteiger partial charge < -0.3 is 5.11 Å². The molecule has 2 aromatic carbocycles. The van der Waals surface area contributed by atoms with E-state index in [0.29, 0.717) is 26.9 Å². The zero-order valence-corrected chi connectivity index (χ0v) is 15.4. The fourth-order valence-corrected chi connectivity index (χ4v) is 3.39. The Morgan fingerprint density at radius 3 is 2.68 bits per heavy atom. The number of hydrogen-bond acceptors (Lipinski definition) is 4. The summed E-state index contributed by atoms with van der Waals surface area (Å²) in [5.41, 5.74) is 2.85. The summed E-state index contributed by atoms with van der Waals surface area (Å²) in [7, 11) is 0. The Morgan fingerprint density at radius 2 is 2.00 bits per heavy atom. The first-order chi connectivity index (χ1) is 11.9. The molecule has 0 saturated heterocycles. The van der Waals surface area contributed by atoms with Crippen LogP contribution in [0, 0.1) is 6.92 Å². The maximum atomic E-state index is 11.8. The Bertz CT molecular complexity index is 872. The zero-order chi connectivity index (χ0) is 18.2. The SMILES string of the molecule is Cc1cc(Cl)cc2c1N=CN(NC(=O)CCl)C2(O)c1ccccc1Cl. The van der Waals surface area contributed by atoms with E-state index in [-0.39, 0.29) is 5.88 Å². The van der Waals surface area contributed by atoms with Crippen molar-refractivity contribution in [1.29, 1.82) is 0 Å². The molecule has 130 valence electrons. The van der Waals surface area contributed by atoms with E-state index in [1.54, 1.807) is 36.4 Å². The smallest absolute Gasteiger partial charge is 0.253 e. The van der Waals surface area contributed by atoms with Crippen molar-refractivity contribution < 1.29 is 9.90 Å². The number of hydrazine groups is 1. The topological polar surface area (TPSA) is 64.9 Å². The van der Waals surface area contributed by atoms with Crippen LogP contribution in [0.25, 0.3) is 0 Å². The van der Waals surface area contributed by atoms with Crippen LogP contribution in [0.3, 0.4) is 0 Å². The van der Waals surface area contributed by atoms with Crippen LogP contribution in [-0.4, -0.2) is 28.2 Å². The van der Waals surface area contributed by atoms with Gasteiger partial charge in [-0.1, -0.05) is 41.4 Å². The first kappa shape index (κ1) is 18.0. The number of aliphatic hydroxyl groups is 1. The third kappa shape index (κ3) is 3.09. The van der Waals surface area contributed by atoms with Gasteiger partial charge in [-0.15, -0.1) is 11.6 Å². The molecular weight excluding hydrogens is 385 g/mol. The Kier molecular flexibility index (Phi) is 4.93. The van der Waals surface area contributed by atoms with E-state index in [0.717, 1.165) is 5.56 Å². The number of aliphatic imine (C=N–C) groups is 1. The van der Waals surface area contributed by atoms with Gasteiger partial charge in [-0.05, 0) is 30.7 Å². The van der Waals surface area contributed by atoms with Crippen LogP contribution in [0.1, 0.15) is 16.7 Å². The lowest BCUT2D eigenvalue weighted by Crippen LogP contribution is -2.57. The molecule has 0 spiro atoms. The van der Waals surface area contributed by atoms with Gasteiger partial charge in [0.25, 0.3) is 5.91 Å². The molecule has 3 rings (SSSR count). The molecule has 0 aromatic heterocycles. The fraction of sp³-hybridized carbons (Fsp3) is 0.176. The molecule has 0 saturated carbocycles. The number of amides is 1. The van der Waals surface area contributed by atoms with Crippen molar-refractivity contribution >= 4 is 52.7 Å². The molecule has 25 heavy (non-hydrogen) atoms. The third-order valence-electron chi connectivity index (χ3n) is 3.91. The summed E-state index contributed by atoms with van der Waals surface area (Å²) in [5, 5.41) is 13.6. The van der Waals surface area contributed by atoms with Gasteiger partial charge in [0.15, 0.2) is 0 Å². The summed E-state index contributed by atoms with van der Waals surface area (Å²) in [6, 6.07) is 10.2. The molecule has 2 aromatic rings. The number of halogens is 3. The predicted octanol–water partition coefficient (Wildman–Crippen LogP) is 3.74. The summed E-state index contributed by atoms with van der Waals surface area (Å²) in [6.07, 6.45) is 1.33. The van der Waals surface area contributed by atoms with Crippen molar-refractivity contribution in [1.82, 2.24) is 10.4 Å². The molecule has 0 aliphatic carbocycles. The van der Waals surface area contributed by atoms with E-state index in [2.05, 4.69) is 10.4 Å². The molecule has 8 heteroatoms. The van der Waals surface area contributed by atoms with Crippen LogP contribution in [0.2, 0.25) is 10.0 Å². The average Bonchev–Trinajstić information content (AvgIpc) is 2.58. The average molecular weight is 399 g/mol. The van der Waals surface area contributed by atoms with Crippen LogP contribution in [0.4, 0.5) is 5.69 Å². The molecule has 1 aliphatic rings. The highest BCUT2D eigenvalue weighted by Gasteiger charge is 2.44. The van der Waals surface area contributed by atoms with Gasteiger partial charge in [0, 0.05) is 21.2 Å². The summed E-state index contributed by atoms with van der Waals surface area (Å²) in [6.45, 7) is 1.84. The number of fused-ring (bicyclic) bond motifs is 1. The number of rotatable bonds is 3. The molecule has 0 bridgehead atoms. The quantitative estimate of drug-likeness (QED) is 0.774. The second kappa shape index (κ2) is 6.84.